The van der Waals surface area contributed by atoms with E-state index in [1.54, 1.807) is 6.92 Å². The first kappa shape index (κ1) is 21.9. The molecule has 0 aliphatic carbocycles. The summed E-state index contributed by atoms with van der Waals surface area (Å²) in [5.41, 5.74) is 6.95. The number of amides is 1. The molecule has 14 heteroatoms. The zero-order valence-corrected chi connectivity index (χ0v) is 16.4. The third kappa shape index (κ3) is 4.70. The van der Waals surface area contributed by atoms with Crippen LogP contribution in [0.25, 0.3) is 10.4 Å². The minimum atomic E-state index is -4.10. The fourth-order valence-corrected chi connectivity index (χ4v) is 3.92. The fourth-order valence-electron chi connectivity index (χ4n) is 2.66. The van der Waals surface area contributed by atoms with Crippen molar-refractivity contribution in [2.45, 2.75) is 38.6 Å². The molecule has 2 heterocycles. The molecule has 2 N–H and O–H groups in total. The Hall–Kier alpha value is -2.43. The van der Waals surface area contributed by atoms with E-state index in [1.807, 2.05) is 0 Å². The summed E-state index contributed by atoms with van der Waals surface area (Å²) in [6, 6.07) is -0.756. The van der Waals surface area contributed by atoms with E-state index in [0.29, 0.717) is 5.56 Å². The van der Waals surface area contributed by atoms with Crippen LogP contribution in [-0.2, 0) is 18.3 Å². The molecule has 1 amide bonds. The number of hydrogen-bond acceptors (Lipinski definition) is 8. The summed E-state index contributed by atoms with van der Waals surface area (Å²) in [5.74, 6) is 0. The largest absolute Gasteiger partial charge is 0.418 e. The van der Waals surface area contributed by atoms with Crippen LogP contribution < -0.4 is 16.6 Å². The van der Waals surface area contributed by atoms with Crippen molar-refractivity contribution >= 4 is 13.2 Å². The van der Waals surface area contributed by atoms with E-state index in [9.17, 15) is 18.9 Å². The van der Waals surface area contributed by atoms with Gasteiger partial charge in [-0.25, -0.2) is 9.36 Å². The third-order valence-corrected chi connectivity index (χ3v) is 5.84. The summed E-state index contributed by atoms with van der Waals surface area (Å²) in [6.45, 7) is 2.68. The molecule has 0 spiro atoms. The first-order valence-electron chi connectivity index (χ1n) is 8.38. The lowest BCUT2D eigenvalue weighted by Crippen LogP contribution is -2.33. The minimum absolute atomic E-state index is 0.0231. The molecule has 13 nitrogen and oxygen atoms in total. The molecule has 0 radical (unpaired) electrons. The maximum Gasteiger partial charge on any atom is 0.418 e. The number of aromatic nitrogens is 2. The molecule has 1 aliphatic rings. The first-order valence-corrected chi connectivity index (χ1v) is 9.93. The predicted molar refractivity (Wildman–Crippen MR) is 97.2 cm³/mol. The van der Waals surface area contributed by atoms with Gasteiger partial charge in [-0.2, -0.15) is 0 Å². The summed E-state index contributed by atoms with van der Waals surface area (Å²) < 4.78 is 29.6. The maximum absolute atomic E-state index is 12.5. The molecular formula is C14H21N6O7P. The van der Waals surface area contributed by atoms with Crippen molar-refractivity contribution in [3.8, 4) is 0 Å². The Morgan fingerprint density at radius 3 is 2.86 bits per heavy atom. The van der Waals surface area contributed by atoms with E-state index < -0.39 is 42.9 Å². The van der Waals surface area contributed by atoms with E-state index in [1.165, 1.54) is 20.2 Å². The van der Waals surface area contributed by atoms with Crippen molar-refractivity contribution in [3.05, 3.63) is 43.0 Å². The topological polar surface area (TPSA) is 177 Å². The van der Waals surface area contributed by atoms with Crippen molar-refractivity contribution in [1.82, 2.24) is 14.9 Å². The molecule has 1 aromatic heterocycles. The van der Waals surface area contributed by atoms with E-state index in [2.05, 4.69) is 20.3 Å². The normalized spacial score (nSPS) is 23.6. The molecule has 1 saturated heterocycles. The highest BCUT2D eigenvalue weighted by molar-refractivity contribution is 7.71. The Bertz CT molecular complexity index is 937. The maximum atomic E-state index is 12.5. The van der Waals surface area contributed by atoms with Gasteiger partial charge >= 0.3 is 18.9 Å². The van der Waals surface area contributed by atoms with Crippen LogP contribution in [0.15, 0.2) is 20.9 Å². The van der Waals surface area contributed by atoms with E-state index in [4.69, 9.17) is 19.3 Å². The second kappa shape index (κ2) is 9.18. The molecular weight excluding hydrogens is 395 g/mol. The molecule has 4 atom stereocenters. The summed E-state index contributed by atoms with van der Waals surface area (Å²) in [6.07, 6.45) is -0.294. The van der Waals surface area contributed by atoms with Crippen LogP contribution in [0.5, 0.6) is 0 Å². The lowest BCUT2D eigenvalue weighted by molar-refractivity contribution is -0.0243. The highest BCUT2D eigenvalue weighted by atomic mass is 31.2. The molecule has 1 aromatic rings. The summed E-state index contributed by atoms with van der Waals surface area (Å²) in [4.78, 5) is 40.3. The van der Waals surface area contributed by atoms with Gasteiger partial charge in [-0.3, -0.25) is 23.7 Å². The standard InChI is InChI=1S/C14H21N6O7P/c1-4-25-28(24,14(23)16-3)26-7-10-9(18-19-15)5-11(27-10)20-6-8(2)12(21)17-13(20)22/h6,9-11H,4-5,7H2,1-3H3,(H,16,23)(H,17,21,22). The number of nitrogens with zero attached hydrogens (tertiary/aromatic N) is 4. The van der Waals surface area contributed by atoms with Gasteiger partial charge in [-0.05, 0) is 19.4 Å². The molecule has 154 valence electrons. The van der Waals surface area contributed by atoms with Crippen LogP contribution in [0, 0.1) is 6.92 Å². The Morgan fingerprint density at radius 2 is 2.25 bits per heavy atom. The van der Waals surface area contributed by atoms with Crippen LogP contribution in [0.1, 0.15) is 25.1 Å². The highest BCUT2D eigenvalue weighted by Crippen LogP contribution is 2.49. The zero-order chi connectivity index (χ0) is 20.9. The Kier molecular flexibility index (Phi) is 7.17. The monoisotopic (exact) mass is 416 g/mol. The van der Waals surface area contributed by atoms with Crippen molar-refractivity contribution in [2.75, 3.05) is 20.3 Å². The average Bonchev–Trinajstić information content (AvgIpc) is 3.05. The van der Waals surface area contributed by atoms with E-state index >= 15 is 0 Å². The number of ether oxygens (including phenoxy) is 1. The summed E-state index contributed by atoms with van der Waals surface area (Å²) in [5, 5.41) is 5.82. The summed E-state index contributed by atoms with van der Waals surface area (Å²) >= 11 is 0. The molecule has 4 unspecified atom stereocenters. The van der Waals surface area contributed by atoms with Gasteiger partial charge in [0.05, 0.1) is 25.4 Å². The molecule has 28 heavy (non-hydrogen) atoms. The number of rotatable bonds is 8. The van der Waals surface area contributed by atoms with Crippen LogP contribution in [-0.4, -0.2) is 47.6 Å². The smallest absolute Gasteiger partial charge is 0.352 e. The Labute approximate surface area is 159 Å². The van der Waals surface area contributed by atoms with Gasteiger partial charge in [0.1, 0.15) is 6.23 Å². The summed E-state index contributed by atoms with van der Waals surface area (Å²) in [7, 11) is -2.82. The predicted octanol–water partition coefficient (Wildman–Crippen LogP) is 1.40. The first-order chi connectivity index (χ1) is 13.3. The van der Waals surface area contributed by atoms with Gasteiger partial charge in [0.2, 0.25) is 0 Å². The molecule has 2 rings (SSSR count). The SMILES string of the molecule is CCOP(=O)(OCC1OC(n2cc(C)c(=O)[nH]c2=O)CC1N=[N+]=[N-])C(=O)NC. The van der Waals surface area contributed by atoms with Gasteiger partial charge in [0.25, 0.3) is 5.56 Å². The molecule has 1 aliphatic heterocycles. The van der Waals surface area contributed by atoms with Crippen molar-refractivity contribution in [1.29, 1.82) is 0 Å². The number of aryl methyl sites for hydroxylation is 1. The van der Waals surface area contributed by atoms with Crippen LogP contribution in [0.4, 0.5) is 4.79 Å². The number of aromatic amines is 1. The number of azide groups is 1. The quantitative estimate of drug-likeness (QED) is 0.278. The molecule has 0 bridgehead atoms. The van der Waals surface area contributed by atoms with Crippen LogP contribution in [0.3, 0.4) is 0 Å². The number of hydrogen-bond donors (Lipinski definition) is 2. The van der Waals surface area contributed by atoms with E-state index in [-0.39, 0.29) is 19.6 Å². The Morgan fingerprint density at radius 1 is 1.54 bits per heavy atom. The Balaban J connectivity index is 2.22. The minimum Gasteiger partial charge on any atom is -0.352 e. The van der Waals surface area contributed by atoms with Crippen LogP contribution in [0.2, 0.25) is 0 Å². The molecule has 0 aromatic carbocycles. The van der Waals surface area contributed by atoms with Gasteiger partial charge in [-0.15, -0.1) is 0 Å². The number of nitrogens with one attached hydrogen (secondary N) is 2. The van der Waals surface area contributed by atoms with Gasteiger partial charge in [-0.1, -0.05) is 5.11 Å². The zero-order valence-electron chi connectivity index (χ0n) is 15.5. The third-order valence-electron chi connectivity index (χ3n) is 4.03. The average molecular weight is 416 g/mol. The van der Waals surface area contributed by atoms with Crippen molar-refractivity contribution in [2.24, 2.45) is 5.11 Å². The number of carbonyl (C=O) groups is 1. The number of H-pyrrole nitrogens is 1. The lowest BCUT2D eigenvalue weighted by Gasteiger charge is -2.20. The van der Waals surface area contributed by atoms with E-state index in [0.717, 1.165) is 4.57 Å². The highest BCUT2D eigenvalue weighted by Gasteiger charge is 2.40. The lowest BCUT2D eigenvalue weighted by atomic mass is 10.1. The van der Waals surface area contributed by atoms with Gasteiger partial charge in [0.15, 0.2) is 0 Å². The second-order valence-corrected chi connectivity index (χ2v) is 7.80. The van der Waals surface area contributed by atoms with Crippen LogP contribution >= 0.6 is 7.60 Å². The van der Waals surface area contributed by atoms with Crippen molar-refractivity contribution in [3.63, 3.8) is 0 Å². The number of carbonyl (C=O) groups excluding carboxylic acids is 1. The van der Waals surface area contributed by atoms with Gasteiger partial charge < -0.3 is 14.6 Å². The molecule has 1 fully saturated rings. The van der Waals surface area contributed by atoms with Crippen molar-refractivity contribution < 1.29 is 23.1 Å². The second-order valence-electron chi connectivity index (χ2n) is 5.88. The van der Waals surface area contributed by atoms with Gasteiger partial charge in [0, 0.05) is 30.1 Å². The fraction of sp³-hybridized carbons (Fsp3) is 0.643. The molecule has 0 saturated carbocycles.